The molecule has 1 rings (SSSR count). The highest BCUT2D eigenvalue weighted by atomic mass is 79.9. The molecule has 1 atom stereocenters. The summed E-state index contributed by atoms with van der Waals surface area (Å²) in [4.78, 5) is 26.2. The predicted molar refractivity (Wildman–Crippen MR) is 80.9 cm³/mol. The van der Waals surface area contributed by atoms with Gasteiger partial charge in [-0.15, -0.1) is 0 Å². The molecule has 2 N–H and O–H groups in total. The number of carbonyl (C=O) groups excluding carboxylic acids is 2. The lowest BCUT2D eigenvalue weighted by atomic mass is 10.2. The van der Waals surface area contributed by atoms with Gasteiger partial charge in [0, 0.05) is 13.8 Å². The first-order valence-corrected chi connectivity index (χ1v) is 7.12. The van der Waals surface area contributed by atoms with Crippen molar-refractivity contribution >= 4 is 39.2 Å². The highest BCUT2D eigenvalue weighted by Gasteiger charge is 2.30. The summed E-state index contributed by atoms with van der Waals surface area (Å²) in [7, 11) is 0. The van der Waals surface area contributed by atoms with Gasteiger partial charge in [-0.25, -0.2) is 13.8 Å². The third-order valence-corrected chi connectivity index (χ3v) is 3.12. The smallest absolute Gasteiger partial charge is 0.303 e. The normalized spacial score (nSPS) is 12.5. The molecule has 0 aliphatic rings. The molecule has 0 saturated carbocycles. The molecule has 0 fully saturated rings. The number of rotatable bonds is 6. The van der Waals surface area contributed by atoms with E-state index in [1.54, 1.807) is 0 Å². The Kier molecular flexibility index (Phi) is 6.21. The molecule has 0 bridgehead atoms. The van der Waals surface area contributed by atoms with Crippen LogP contribution in [0.15, 0.2) is 16.9 Å². The van der Waals surface area contributed by atoms with E-state index >= 15 is 0 Å². The first-order chi connectivity index (χ1) is 10.1. The van der Waals surface area contributed by atoms with Crippen LogP contribution in [-0.4, -0.2) is 35.4 Å². The highest BCUT2D eigenvalue weighted by Crippen LogP contribution is 2.28. The monoisotopic (exact) mass is 379 g/mol. The quantitative estimate of drug-likeness (QED) is 0.586. The van der Waals surface area contributed by atoms with Gasteiger partial charge in [-0.1, -0.05) is 0 Å². The molecule has 1 aromatic rings. The van der Waals surface area contributed by atoms with Crippen LogP contribution < -0.4 is 10.6 Å². The van der Waals surface area contributed by atoms with E-state index in [0.717, 1.165) is 6.92 Å². The van der Waals surface area contributed by atoms with Crippen molar-refractivity contribution in [1.82, 2.24) is 4.98 Å². The molecule has 1 unspecified atom stereocenters. The standard InChI is InChI=1S/C13H16BrF2N3O3/c1-7(13(3,15)16)18-9-4-11(14)17-5-10(9)19-12(21)6-22-8(2)20/h4-5,7H,6H2,1-3H3,(H,17,18)(H,19,21). The molecule has 0 aliphatic carbocycles. The summed E-state index contributed by atoms with van der Waals surface area (Å²) in [5.74, 6) is -4.14. The van der Waals surface area contributed by atoms with Crippen molar-refractivity contribution in [1.29, 1.82) is 0 Å². The van der Waals surface area contributed by atoms with E-state index in [2.05, 4.69) is 36.3 Å². The van der Waals surface area contributed by atoms with E-state index in [9.17, 15) is 18.4 Å². The summed E-state index contributed by atoms with van der Waals surface area (Å²) in [6.07, 6.45) is 1.30. The zero-order valence-electron chi connectivity index (χ0n) is 12.2. The second-order valence-electron chi connectivity index (χ2n) is 4.70. The van der Waals surface area contributed by atoms with Gasteiger partial charge in [-0.05, 0) is 28.9 Å². The van der Waals surface area contributed by atoms with Crippen molar-refractivity contribution < 1.29 is 23.1 Å². The lowest BCUT2D eigenvalue weighted by Gasteiger charge is -2.23. The number of carbonyl (C=O) groups is 2. The van der Waals surface area contributed by atoms with Gasteiger partial charge in [0.25, 0.3) is 11.8 Å². The fraction of sp³-hybridized carbons (Fsp3) is 0.462. The maximum absolute atomic E-state index is 13.3. The van der Waals surface area contributed by atoms with Gasteiger partial charge in [-0.2, -0.15) is 0 Å². The topological polar surface area (TPSA) is 80.3 Å². The van der Waals surface area contributed by atoms with Crippen LogP contribution in [0.4, 0.5) is 20.2 Å². The molecule has 1 heterocycles. The zero-order chi connectivity index (χ0) is 16.9. The molecule has 122 valence electrons. The summed E-state index contributed by atoms with van der Waals surface area (Å²) in [6, 6.07) is 0.301. The molecular formula is C13H16BrF2N3O3. The van der Waals surface area contributed by atoms with Crippen LogP contribution in [0.2, 0.25) is 0 Å². The molecule has 9 heteroatoms. The number of hydrogen-bond acceptors (Lipinski definition) is 5. The number of alkyl halides is 2. The number of ether oxygens (including phenoxy) is 1. The Morgan fingerprint density at radius 3 is 2.64 bits per heavy atom. The maximum Gasteiger partial charge on any atom is 0.303 e. The number of nitrogens with zero attached hydrogens (tertiary/aromatic N) is 1. The van der Waals surface area contributed by atoms with Crippen molar-refractivity contribution in [3.8, 4) is 0 Å². The van der Waals surface area contributed by atoms with Gasteiger partial charge in [0.15, 0.2) is 6.61 Å². The maximum atomic E-state index is 13.3. The van der Waals surface area contributed by atoms with E-state index in [0.29, 0.717) is 4.60 Å². The average molecular weight is 380 g/mol. The SMILES string of the molecule is CC(=O)OCC(=O)Nc1cnc(Br)cc1NC(C)C(C)(F)F. The summed E-state index contributed by atoms with van der Waals surface area (Å²) in [5.41, 5.74) is 0.475. The van der Waals surface area contributed by atoms with Gasteiger partial charge in [-0.3, -0.25) is 9.59 Å². The number of anilines is 2. The van der Waals surface area contributed by atoms with Crippen molar-refractivity contribution in [2.75, 3.05) is 17.2 Å². The minimum atomic E-state index is -2.95. The number of hydrogen-bond donors (Lipinski definition) is 2. The van der Waals surface area contributed by atoms with Gasteiger partial charge in [0.1, 0.15) is 4.60 Å². The predicted octanol–water partition coefficient (Wildman–Crippen LogP) is 2.80. The molecule has 1 aromatic heterocycles. The average Bonchev–Trinajstić information content (AvgIpc) is 2.38. The Morgan fingerprint density at radius 2 is 2.09 bits per heavy atom. The van der Waals surface area contributed by atoms with E-state index < -0.39 is 30.4 Å². The number of amides is 1. The second kappa shape index (κ2) is 7.48. The van der Waals surface area contributed by atoms with Gasteiger partial charge < -0.3 is 15.4 Å². The van der Waals surface area contributed by atoms with Crippen LogP contribution in [0.1, 0.15) is 20.8 Å². The fourth-order valence-corrected chi connectivity index (χ4v) is 1.69. The highest BCUT2D eigenvalue weighted by molar-refractivity contribution is 9.10. The van der Waals surface area contributed by atoms with Gasteiger partial charge in [0.05, 0.1) is 23.6 Å². The first-order valence-electron chi connectivity index (χ1n) is 6.32. The van der Waals surface area contributed by atoms with Crippen LogP contribution in [-0.2, 0) is 14.3 Å². The van der Waals surface area contributed by atoms with E-state index in [-0.39, 0.29) is 11.4 Å². The summed E-state index contributed by atoms with van der Waals surface area (Å²) in [5, 5.41) is 5.06. The lowest BCUT2D eigenvalue weighted by Crippen LogP contribution is -2.34. The largest absolute Gasteiger partial charge is 0.456 e. The summed E-state index contributed by atoms with van der Waals surface area (Å²) >= 11 is 3.13. The minimum absolute atomic E-state index is 0.205. The molecule has 6 nitrogen and oxygen atoms in total. The zero-order valence-corrected chi connectivity index (χ0v) is 13.8. The molecule has 0 aliphatic heterocycles. The molecule has 1 amide bonds. The second-order valence-corrected chi connectivity index (χ2v) is 5.52. The van der Waals surface area contributed by atoms with Crippen LogP contribution in [0, 0.1) is 0 Å². The van der Waals surface area contributed by atoms with Crippen LogP contribution >= 0.6 is 15.9 Å². The third kappa shape index (κ3) is 5.92. The summed E-state index contributed by atoms with van der Waals surface area (Å²) in [6.45, 7) is 2.81. The number of pyridine rings is 1. The van der Waals surface area contributed by atoms with Crippen LogP contribution in [0.5, 0.6) is 0 Å². The minimum Gasteiger partial charge on any atom is -0.456 e. The molecular weight excluding hydrogens is 364 g/mol. The Hall–Kier alpha value is -1.77. The third-order valence-electron chi connectivity index (χ3n) is 2.68. The first kappa shape index (κ1) is 18.3. The Bertz CT molecular complexity index is 564. The Morgan fingerprint density at radius 1 is 1.45 bits per heavy atom. The molecule has 0 radical (unpaired) electrons. The van der Waals surface area contributed by atoms with Gasteiger partial charge >= 0.3 is 5.97 Å². The van der Waals surface area contributed by atoms with Crippen molar-refractivity contribution in [2.45, 2.75) is 32.7 Å². The molecule has 0 aromatic carbocycles. The Labute approximate surface area is 134 Å². The Balaban J connectivity index is 2.86. The van der Waals surface area contributed by atoms with Crippen LogP contribution in [0.3, 0.4) is 0 Å². The number of aromatic nitrogens is 1. The lowest BCUT2D eigenvalue weighted by molar-refractivity contribution is -0.144. The van der Waals surface area contributed by atoms with E-state index in [4.69, 9.17) is 0 Å². The number of nitrogens with one attached hydrogen (secondary N) is 2. The van der Waals surface area contributed by atoms with E-state index in [1.807, 2.05) is 0 Å². The fourth-order valence-electron chi connectivity index (χ4n) is 1.36. The summed E-state index contributed by atoms with van der Waals surface area (Å²) < 4.78 is 31.5. The van der Waals surface area contributed by atoms with Crippen LogP contribution in [0.25, 0.3) is 0 Å². The van der Waals surface area contributed by atoms with Gasteiger partial charge in [0.2, 0.25) is 0 Å². The van der Waals surface area contributed by atoms with Crippen molar-refractivity contribution in [3.05, 3.63) is 16.9 Å². The molecule has 0 saturated heterocycles. The number of esters is 1. The molecule has 0 spiro atoms. The van der Waals surface area contributed by atoms with E-state index in [1.165, 1.54) is 26.1 Å². The van der Waals surface area contributed by atoms with Crippen molar-refractivity contribution in [3.63, 3.8) is 0 Å². The number of halogens is 3. The molecule has 22 heavy (non-hydrogen) atoms. The van der Waals surface area contributed by atoms with Crippen molar-refractivity contribution in [2.24, 2.45) is 0 Å².